The van der Waals surface area contributed by atoms with Gasteiger partial charge in [0.2, 0.25) is 0 Å². The number of nitrogens with zero attached hydrogens (tertiary/aromatic N) is 12. The fourth-order valence-corrected chi connectivity index (χ4v) is 5.66. The van der Waals surface area contributed by atoms with Crippen molar-refractivity contribution >= 4 is 23.6 Å². The quantitative estimate of drug-likeness (QED) is 0.0272. The number of carboxylic acids is 1. The summed E-state index contributed by atoms with van der Waals surface area (Å²) in [7, 11) is 1.00. The van der Waals surface area contributed by atoms with Crippen LogP contribution in [0.5, 0.6) is 0 Å². The number of carbonyl (C=O) groups excluding carboxylic acids is 3. The molecule has 404 valence electrons. The predicted molar refractivity (Wildman–Crippen MR) is 292 cm³/mol. The number of hydrogen-bond donors (Lipinski definition) is 10. The van der Waals surface area contributed by atoms with Crippen LogP contribution in [-0.4, -0.2) is 112 Å². The third-order valence-electron chi connectivity index (χ3n) is 9.34. The Morgan fingerprint density at radius 1 is 0.468 bits per heavy atom. The molecule has 0 aliphatic heterocycles. The molecule has 0 spiro atoms. The highest BCUT2D eigenvalue weighted by Gasteiger charge is 2.12. The van der Waals surface area contributed by atoms with Crippen LogP contribution in [0.4, 0.5) is 0 Å². The lowest BCUT2D eigenvalue weighted by atomic mass is 10.2. The zero-order chi connectivity index (χ0) is 56.9. The van der Waals surface area contributed by atoms with E-state index in [1.165, 1.54) is 18.6 Å². The van der Waals surface area contributed by atoms with Gasteiger partial charge in [0.25, 0.3) is 11.8 Å². The number of aromatic carboxylic acids is 1. The molecule has 0 aromatic carbocycles. The average molecular weight is 1070 g/mol. The van der Waals surface area contributed by atoms with Crippen molar-refractivity contribution < 1.29 is 29.4 Å². The van der Waals surface area contributed by atoms with E-state index in [1.54, 1.807) is 147 Å². The zero-order valence-electron chi connectivity index (χ0n) is 42.2. The lowest BCUT2D eigenvalue weighted by Crippen LogP contribution is -2.17. The number of H-pyrrole nitrogens is 4. The second-order valence-corrected chi connectivity index (χ2v) is 14.6. The van der Waals surface area contributed by atoms with Crippen molar-refractivity contribution in [1.82, 2.24) is 81.3 Å². The molecule has 26 heteroatoms. The third kappa shape index (κ3) is 22.8. The molecule has 0 fully saturated rings. The number of hydrazine groups is 1. The van der Waals surface area contributed by atoms with Gasteiger partial charge in [-0.2, -0.15) is 30.9 Å². The summed E-state index contributed by atoms with van der Waals surface area (Å²) in [6.45, 7) is 5.56. The van der Waals surface area contributed by atoms with E-state index in [-0.39, 0.29) is 30.3 Å². The highest BCUT2D eigenvalue weighted by Crippen LogP contribution is 2.19. The number of Topliss-reactive ketones (excluding diaryl/α,β-unsaturated/α-hetero) is 1. The smallest absolute Gasteiger partial charge is 0.353 e. The molecule has 0 unspecified atom stereocenters. The van der Waals surface area contributed by atoms with E-state index in [0.29, 0.717) is 22.6 Å². The summed E-state index contributed by atoms with van der Waals surface area (Å²) in [5.74, 6) is 6.06. The number of aliphatic hydroxyl groups is 1. The molecule has 10 heterocycles. The maximum absolute atomic E-state index is 11.3. The van der Waals surface area contributed by atoms with Crippen LogP contribution in [-0.2, 0) is 0 Å². The van der Waals surface area contributed by atoms with Gasteiger partial charge in [0.1, 0.15) is 17.1 Å². The van der Waals surface area contributed by atoms with Gasteiger partial charge >= 0.3 is 5.97 Å². The number of aliphatic hydroxyl groups excluding tert-OH is 1. The van der Waals surface area contributed by atoms with E-state index in [0.717, 1.165) is 40.8 Å². The van der Waals surface area contributed by atoms with Crippen molar-refractivity contribution in [2.45, 2.75) is 28.2 Å². The lowest BCUT2D eigenvalue weighted by Gasteiger charge is -1.92. The highest BCUT2D eigenvalue weighted by atomic mass is 16.4. The number of carboxylic acid groups (broad SMARTS) is 1. The molecule has 0 aliphatic rings. The second kappa shape index (κ2) is 36.6. The number of rotatable bonds is 8. The first-order valence-corrected chi connectivity index (χ1v) is 22.4. The van der Waals surface area contributed by atoms with Gasteiger partial charge in [-0.25, -0.2) is 4.79 Å². The molecule has 0 aliphatic carbocycles. The minimum atomic E-state index is -1.02. The van der Waals surface area contributed by atoms with Crippen molar-refractivity contribution in [2.24, 2.45) is 11.7 Å². The van der Waals surface area contributed by atoms with Crippen LogP contribution in [0, 0.1) is 36.8 Å². The largest absolute Gasteiger partial charge is 0.477 e. The van der Waals surface area contributed by atoms with Gasteiger partial charge in [0.05, 0.1) is 22.8 Å². The first-order valence-electron chi connectivity index (χ1n) is 22.4. The molecular formula is C53H56N20O6. The minimum Gasteiger partial charge on any atom is -0.477 e. The van der Waals surface area contributed by atoms with Crippen LogP contribution in [0.3, 0.4) is 0 Å². The summed E-state index contributed by atoms with van der Waals surface area (Å²) in [4.78, 5) is 66.9. The highest BCUT2D eigenvalue weighted by molar-refractivity contribution is 5.95. The Labute approximate surface area is 453 Å². The molecule has 12 N–H and O–H groups in total. The molecular weight excluding hydrogens is 1010 g/mol. The SMILES string of the molecule is C.CC(=O)c1ccncc1.CO.Cc1cc(-c2ccncc2)n[nH]1.Cc1ccncc1.N#CNC(=O)c1cc(-c2ccncc2)n[nH]1.N#CNC(=O)c1cc(-c2ccncc2)n[nH]1.NN.O=C(O)c1cc(-c2ccncc2)n[nH]1. The first kappa shape index (κ1) is 63.8. The third-order valence-corrected chi connectivity index (χ3v) is 9.34. The number of ketones is 1. The normalized spacial score (nSPS) is 9.08. The topological polar surface area (TPSA) is 424 Å². The Morgan fingerprint density at radius 3 is 0.987 bits per heavy atom. The van der Waals surface area contributed by atoms with Crippen molar-refractivity contribution in [3.63, 3.8) is 0 Å². The Bertz CT molecular complexity index is 3280. The number of carbonyl (C=O) groups is 4. The fraction of sp³-hybridized carbons (Fsp3) is 0.0943. The molecule has 10 aromatic rings. The molecule has 0 atom stereocenters. The van der Waals surface area contributed by atoms with E-state index in [9.17, 15) is 19.2 Å². The van der Waals surface area contributed by atoms with Gasteiger partial charge in [-0.15, -0.1) is 0 Å². The number of aromatic amines is 4. The molecule has 0 saturated carbocycles. The fourth-order valence-electron chi connectivity index (χ4n) is 5.66. The van der Waals surface area contributed by atoms with Crippen LogP contribution in [0.15, 0.2) is 171 Å². The zero-order valence-corrected chi connectivity index (χ0v) is 42.2. The summed E-state index contributed by atoms with van der Waals surface area (Å²) in [5, 5.41) is 62.7. The van der Waals surface area contributed by atoms with Crippen LogP contribution >= 0.6 is 0 Å². The van der Waals surface area contributed by atoms with E-state index in [4.69, 9.17) is 20.7 Å². The molecule has 2 amide bonds. The van der Waals surface area contributed by atoms with Crippen molar-refractivity contribution in [2.75, 3.05) is 7.11 Å². The molecule has 0 saturated heterocycles. The van der Waals surface area contributed by atoms with Gasteiger partial charge in [-0.1, -0.05) is 7.43 Å². The number of nitrogens with one attached hydrogen (secondary N) is 6. The van der Waals surface area contributed by atoms with Crippen LogP contribution in [0.25, 0.3) is 45.0 Å². The Hall–Kier alpha value is -11.3. The molecule has 0 radical (unpaired) electrons. The van der Waals surface area contributed by atoms with Crippen molar-refractivity contribution in [3.05, 3.63) is 205 Å². The van der Waals surface area contributed by atoms with Gasteiger partial charge in [0, 0.05) is 115 Å². The summed E-state index contributed by atoms with van der Waals surface area (Å²) < 4.78 is 0. The van der Waals surface area contributed by atoms with E-state index in [2.05, 4.69) is 82.4 Å². The Kier molecular flexibility index (Phi) is 29.5. The summed E-state index contributed by atoms with van der Waals surface area (Å²) in [5.41, 5.74) is 10.1. The number of aromatic nitrogens is 14. The first-order chi connectivity index (χ1) is 37.9. The van der Waals surface area contributed by atoms with Gasteiger partial charge in [-0.05, 0) is 123 Å². The summed E-state index contributed by atoms with van der Waals surface area (Å²) in [6.07, 6.45) is 23.2. The minimum absolute atomic E-state index is 0. The molecule has 10 aromatic heterocycles. The van der Waals surface area contributed by atoms with Gasteiger partial charge in [0.15, 0.2) is 18.2 Å². The van der Waals surface area contributed by atoms with Gasteiger partial charge < -0.3 is 10.2 Å². The maximum atomic E-state index is 11.3. The van der Waals surface area contributed by atoms with E-state index in [1.807, 2.05) is 54.8 Å². The second-order valence-electron chi connectivity index (χ2n) is 14.6. The van der Waals surface area contributed by atoms with Crippen molar-refractivity contribution in [3.8, 4) is 57.4 Å². The number of amides is 2. The maximum Gasteiger partial charge on any atom is 0.353 e. The monoisotopic (exact) mass is 1070 g/mol. The molecule has 79 heavy (non-hydrogen) atoms. The summed E-state index contributed by atoms with van der Waals surface area (Å²) >= 11 is 0. The predicted octanol–water partition coefficient (Wildman–Crippen LogP) is 6.05. The number of hydrogen-bond acceptors (Lipinski definition) is 19. The lowest BCUT2D eigenvalue weighted by molar-refractivity contribution is 0.0689. The standard InChI is InChI=1S/2C10H7N5O.C9H7N3O2.C9H9N3.C7H7NO.C6H7N.CH4O.CH4.H4N2/c2*11-6-13-10(16)9-5-8(14-15-9)7-1-3-12-4-2-7;13-9(14)8-5-7(11-12-8)6-1-3-10-4-2-6;1-7-6-9(12-11-7)8-2-4-10-5-3-8;1-6(9)7-2-4-8-5-3-7;1-6-2-4-7-5-3-6;1-2;;1-2/h2*1-5H,(H,13,16)(H,14,15);1-5H,(H,11,12)(H,13,14);2-6H,1H3,(H,11,12);2-5H,1H3;2-5H,1H3;2H,1H3;1H4;1-2H2. The number of aryl methyl sites for hydroxylation is 2. The molecule has 10 rings (SSSR count). The van der Waals surface area contributed by atoms with Crippen LogP contribution in [0.2, 0.25) is 0 Å². The Morgan fingerprint density at radius 2 is 0.747 bits per heavy atom. The average Bonchev–Trinajstić information content (AvgIpc) is 4.39. The van der Waals surface area contributed by atoms with E-state index < -0.39 is 17.8 Å². The van der Waals surface area contributed by atoms with E-state index >= 15 is 0 Å². The number of pyridine rings is 6. The van der Waals surface area contributed by atoms with Crippen LogP contribution in [0.1, 0.15) is 67.4 Å². The molecule has 26 nitrogen and oxygen atoms in total. The van der Waals surface area contributed by atoms with Crippen LogP contribution < -0.4 is 22.3 Å². The molecule has 0 bridgehead atoms. The Balaban J connectivity index is 0.000000324. The summed E-state index contributed by atoms with van der Waals surface area (Å²) in [6, 6.07) is 28.5. The van der Waals surface area contributed by atoms with Gasteiger partial charge in [-0.3, -0.25) is 87.0 Å². The van der Waals surface area contributed by atoms with Crippen molar-refractivity contribution in [1.29, 1.82) is 10.5 Å². The number of nitriles is 2. The number of nitrogens with two attached hydrogens (primary N) is 2.